The van der Waals surface area contributed by atoms with Gasteiger partial charge in [0.25, 0.3) is 11.1 Å². The van der Waals surface area contributed by atoms with E-state index >= 15 is 0 Å². The van der Waals surface area contributed by atoms with Crippen molar-refractivity contribution in [2.45, 2.75) is 19.9 Å². The summed E-state index contributed by atoms with van der Waals surface area (Å²) in [5, 5.41) is 0.252. The largest absolute Gasteiger partial charge is 0.494 e. The van der Waals surface area contributed by atoms with Crippen LogP contribution in [0.3, 0.4) is 0 Å². The number of amides is 2. The average Bonchev–Trinajstić information content (AvgIpc) is 2.90. The molecule has 0 atom stereocenters. The number of hydrogen-bond acceptors (Lipinski definition) is 4. The molecule has 1 aliphatic rings. The normalized spacial score (nSPS) is 15.8. The Morgan fingerprint density at radius 3 is 2.54 bits per heavy atom. The van der Waals surface area contributed by atoms with Crippen molar-refractivity contribution in [3.8, 4) is 5.75 Å². The van der Waals surface area contributed by atoms with Crippen LogP contribution < -0.4 is 4.74 Å². The summed E-state index contributed by atoms with van der Waals surface area (Å²) < 4.78 is 5.55. The third-order valence-corrected chi connectivity index (χ3v) is 5.09. The fourth-order valence-corrected chi connectivity index (χ4v) is 3.50. The SMILES string of the molecule is CCCOc1ccc(/C=C2\SC(=O)N(Cc3ccccc3Cl)C2=O)cc1. The molecular weight excluding hydrogens is 370 g/mol. The summed E-state index contributed by atoms with van der Waals surface area (Å²) >= 11 is 7.08. The predicted octanol–water partition coefficient (Wildman–Crippen LogP) is 5.37. The number of nitrogens with zero attached hydrogens (tertiary/aromatic N) is 1. The monoisotopic (exact) mass is 387 g/mol. The first-order chi connectivity index (χ1) is 12.6. The number of carbonyl (C=O) groups excluding carboxylic acids is 2. The van der Waals surface area contributed by atoms with Crippen molar-refractivity contribution >= 4 is 40.6 Å². The van der Waals surface area contributed by atoms with Gasteiger partial charge in [-0.25, -0.2) is 0 Å². The molecule has 0 spiro atoms. The van der Waals surface area contributed by atoms with E-state index in [1.165, 1.54) is 4.90 Å². The maximum atomic E-state index is 12.6. The van der Waals surface area contributed by atoms with Gasteiger partial charge in [-0.3, -0.25) is 14.5 Å². The summed E-state index contributed by atoms with van der Waals surface area (Å²) in [4.78, 5) is 26.5. The minimum absolute atomic E-state index is 0.172. The summed E-state index contributed by atoms with van der Waals surface area (Å²) in [5.74, 6) is 0.488. The Morgan fingerprint density at radius 1 is 1.12 bits per heavy atom. The first-order valence-corrected chi connectivity index (χ1v) is 9.49. The van der Waals surface area contributed by atoms with Gasteiger partial charge >= 0.3 is 0 Å². The molecule has 2 aromatic carbocycles. The van der Waals surface area contributed by atoms with Crippen LogP contribution in [0.5, 0.6) is 5.75 Å². The van der Waals surface area contributed by atoms with Crippen LogP contribution in [-0.4, -0.2) is 22.7 Å². The molecule has 6 heteroatoms. The zero-order valence-corrected chi connectivity index (χ0v) is 15.8. The molecule has 3 rings (SSSR count). The summed E-state index contributed by atoms with van der Waals surface area (Å²) in [6.07, 6.45) is 2.67. The van der Waals surface area contributed by atoms with Crippen molar-refractivity contribution in [3.63, 3.8) is 0 Å². The van der Waals surface area contributed by atoms with Crippen molar-refractivity contribution in [1.82, 2.24) is 4.90 Å². The van der Waals surface area contributed by atoms with Gasteiger partial charge in [-0.15, -0.1) is 0 Å². The highest BCUT2D eigenvalue weighted by Gasteiger charge is 2.35. The van der Waals surface area contributed by atoms with E-state index in [9.17, 15) is 9.59 Å². The summed E-state index contributed by atoms with van der Waals surface area (Å²) in [5.41, 5.74) is 1.59. The number of benzene rings is 2. The maximum absolute atomic E-state index is 12.6. The van der Waals surface area contributed by atoms with Gasteiger partial charge in [0.05, 0.1) is 18.1 Å². The molecule has 0 saturated carbocycles. The summed E-state index contributed by atoms with van der Waals surface area (Å²) in [6.45, 7) is 2.89. The third-order valence-electron chi connectivity index (χ3n) is 3.81. The highest BCUT2D eigenvalue weighted by Crippen LogP contribution is 2.34. The Morgan fingerprint density at radius 2 is 1.85 bits per heavy atom. The molecule has 134 valence electrons. The summed E-state index contributed by atoms with van der Waals surface area (Å²) in [6, 6.07) is 14.6. The summed E-state index contributed by atoms with van der Waals surface area (Å²) in [7, 11) is 0. The van der Waals surface area contributed by atoms with Crippen LogP contribution in [0.2, 0.25) is 5.02 Å². The number of rotatable bonds is 6. The van der Waals surface area contributed by atoms with E-state index in [0.717, 1.165) is 35.1 Å². The first-order valence-electron chi connectivity index (χ1n) is 8.30. The molecule has 26 heavy (non-hydrogen) atoms. The van der Waals surface area contributed by atoms with Gasteiger partial charge in [-0.2, -0.15) is 0 Å². The van der Waals surface area contributed by atoms with Crippen molar-refractivity contribution < 1.29 is 14.3 Å². The number of hydrogen-bond donors (Lipinski definition) is 0. The zero-order chi connectivity index (χ0) is 18.5. The molecular formula is C20H18ClNO3S. The minimum Gasteiger partial charge on any atom is -0.494 e. The van der Waals surface area contributed by atoms with Gasteiger partial charge < -0.3 is 4.74 Å². The minimum atomic E-state index is -0.300. The highest BCUT2D eigenvalue weighted by atomic mass is 35.5. The molecule has 1 heterocycles. The van der Waals surface area contributed by atoms with E-state index in [1.54, 1.807) is 12.1 Å². The molecule has 1 saturated heterocycles. The lowest BCUT2D eigenvalue weighted by molar-refractivity contribution is -0.123. The van der Waals surface area contributed by atoms with Gasteiger partial charge in [0.2, 0.25) is 0 Å². The molecule has 0 aliphatic carbocycles. The molecule has 4 nitrogen and oxygen atoms in total. The van der Waals surface area contributed by atoms with E-state index in [1.807, 2.05) is 49.4 Å². The number of halogens is 1. The van der Waals surface area contributed by atoms with E-state index in [-0.39, 0.29) is 17.7 Å². The highest BCUT2D eigenvalue weighted by molar-refractivity contribution is 8.18. The quantitative estimate of drug-likeness (QED) is 0.625. The van der Waals surface area contributed by atoms with Crippen LogP contribution in [-0.2, 0) is 11.3 Å². The molecule has 0 radical (unpaired) electrons. The second kappa shape index (κ2) is 8.43. The second-order valence-corrected chi connectivity index (χ2v) is 7.18. The number of thioether (sulfide) groups is 1. The Labute approximate surface area is 161 Å². The zero-order valence-electron chi connectivity index (χ0n) is 14.3. The van der Waals surface area contributed by atoms with Gasteiger partial charge in [0.1, 0.15) is 5.75 Å². The number of carbonyl (C=O) groups is 2. The van der Waals surface area contributed by atoms with E-state index < -0.39 is 0 Å². The van der Waals surface area contributed by atoms with E-state index in [4.69, 9.17) is 16.3 Å². The van der Waals surface area contributed by atoms with Crippen molar-refractivity contribution in [3.05, 3.63) is 69.6 Å². The van der Waals surface area contributed by atoms with Crippen molar-refractivity contribution in [2.75, 3.05) is 6.61 Å². The lowest BCUT2D eigenvalue weighted by atomic mass is 10.2. The fraction of sp³-hybridized carbons (Fsp3) is 0.200. The van der Waals surface area contributed by atoms with Gasteiger partial charge in [0.15, 0.2) is 0 Å². The molecule has 2 amide bonds. The molecule has 1 fully saturated rings. The van der Waals surface area contributed by atoms with Crippen LogP contribution >= 0.6 is 23.4 Å². The lowest BCUT2D eigenvalue weighted by Crippen LogP contribution is -2.27. The topological polar surface area (TPSA) is 46.6 Å². The molecule has 2 aromatic rings. The predicted molar refractivity (Wildman–Crippen MR) is 105 cm³/mol. The van der Waals surface area contributed by atoms with Crippen LogP contribution in [0.1, 0.15) is 24.5 Å². The Hall–Kier alpha value is -2.24. The fourth-order valence-electron chi connectivity index (χ4n) is 2.46. The molecule has 0 aromatic heterocycles. The molecule has 0 N–H and O–H groups in total. The van der Waals surface area contributed by atoms with Crippen LogP contribution in [0, 0.1) is 0 Å². The Balaban J connectivity index is 1.73. The van der Waals surface area contributed by atoms with E-state index in [2.05, 4.69) is 0 Å². The first kappa shape index (κ1) is 18.5. The smallest absolute Gasteiger partial charge is 0.293 e. The Kier molecular flexibility index (Phi) is 6.01. The van der Waals surface area contributed by atoms with Gasteiger partial charge in [0, 0.05) is 5.02 Å². The van der Waals surface area contributed by atoms with E-state index in [0.29, 0.717) is 16.5 Å². The standard InChI is InChI=1S/C20H18ClNO3S/c1-2-11-25-16-9-7-14(8-10-16)12-18-19(23)22(20(24)26-18)13-15-5-3-4-6-17(15)21/h3-10,12H,2,11,13H2,1H3/b18-12-. The average molecular weight is 388 g/mol. The van der Waals surface area contributed by atoms with Crippen molar-refractivity contribution in [1.29, 1.82) is 0 Å². The molecule has 0 unspecified atom stereocenters. The van der Waals surface area contributed by atoms with Gasteiger partial charge in [-0.05, 0) is 53.6 Å². The molecule has 0 bridgehead atoms. The third kappa shape index (κ3) is 4.29. The van der Waals surface area contributed by atoms with Crippen LogP contribution in [0.4, 0.5) is 4.79 Å². The van der Waals surface area contributed by atoms with Crippen LogP contribution in [0.25, 0.3) is 6.08 Å². The lowest BCUT2D eigenvalue weighted by Gasteiger charge is -2.13. The molecule has 1 aliphatic heterocycles. The van der Waals surface area contributed by atoms with Crippen molar-refractivity contribution in [2.24, 2.45) is 0 Å². The Bertz CT molecular complexity index is 848. The number of ether oxygens (including phenoxy) is 1. The maximum Gasteiger partial charge on any atom is 0.293 e. The van der Waals surface area contributed by atoms with Gasteiger partial charge in [-0.1, -0.05) is 48.9 Å². The van der Waals surface area contributed by atoms with Crippen LogP contribution in [0.15, 0.2) is 53.4 Å². The number of imide groups is 1. The second-order valence-electron chi connectivity index (χ2n) is 5.78.